The molecule has 0 atom stereocenters. The number of para-hydroxylation sites is 3. The molecular formula is C53H32N6. The third-order valence-electron chi connectivity index (χ3n) is 12.0. The number of hydrogen-bond acceptors (Lipinski definition) is 3. The highest BCUT2D eigenvalue weighted by Crippen LogP contribution is 2.46. The van der Waals surface area contributed by atoms with Crippen LogP contribution in [0.1, 0.15) is 0 Å². The zero-order valence-electron chi connectivity index (χ0n) is 31.7. The van der Waals surface area contributed by atoms with Crippen molar-refractivity contribution in [2.24, 2.45) is 0 Å². The summed E-state index contributed by atoms with van der Waals surface area (Å²) in [7, 11) is 0. The minimum Gasteiger partial charge on any atom is -0.309 e. The average molecular weight is 753 g/mol. The van der Waals surface area contributed by atoms with E-state index < -0.39 is 0 Å². The Morgan fingerprint density at radius 1 is 0.305 bits per heavy atom. The zero-order chi connectivity index (χ0) is 38.6. The fourth-order valence-corrected chi connectivity index (χ4v) is 9.49. The number of aromatic nitrogens is 6. The molecule has 0 aliphatic carbocycles. The van der Waals surface area contributed by atoms with E-state index in [4.69, 9.17) is 15.0 Å². The Balaban J connectivity index is 1.13. The molecule has 0 fully saturated rings. The largest absolute Gasteiger partial charge is 0.309 e. The minimum absolute atomic E-state index is 0.585. The Morgan fingerprint density at radius 2 is 0.814 bits per heavy atom. The molecule has 0 aliphatic rings. The van der Waals surface area contributed by atoms with Crippen molar-refractivity contribution < 1.29 is 0 Å². The van der Waals surface area contributed by atoms with E-state index in [0.717, 1.165) is 55.4 Å². The van der Waals surface area contributed by atoms with Crippen molar-refractivity contribution in [3.8, 4) is 45.5 Å². The molecule has 59 heavy (non-hydrogen) atoms. The molecule has 0 bridgehead atoms. The Labute approximate surface area is 337 Å². The molecule has 13 aromatic rings. The van der Waals surface area contributed by atoms with Crippen LogP contribution in [-0.2, 0) is 0 Å². The van der Waals surface area contributed by atoms with E-state index in [1.165, 1.54) is 43.5 Å². The van der Waals surface area contributed by atoms with Crippen molar-refractivity contribution in [3.63, 3.8) is 0 Å². The lowest BCUT2D eigenvalue weighted by Gasteiger charge is -2.11. The maximum Gasteiger partial charge on any atom is 0.238 e. The molecule has 0 N–H and O–H groups in total. The van der Waals surface area contributed by atoms with E-state index in [-0.39, 0.29) is 0 Å². The predicted octanol–water partition coefficient (Wildman–Crippen LogP) is 13.1. The summed E-state index contributed by atoms with van der Waals surface area (Å²) in [6.07, 6.45) is 0. The maximum atomic E-state index is 5.26. The average Bonchev–Trinajstić information content (AvgIpc) is 4.03. The second-order valence-corrected chi connectivity index (χ2v) is 15.3. The topological polar surface area (TPSA) is 52.9 Å². The molecule has 0 amide bonds. The van der Waals surface area contributed by atoms with Crippen LogP contribution in [0.2, 0.25) is 0 Å². The monoisotopic (exact) mass is 752 g/mol. The number of rotatable bonds is 5. The lowest BCUT2D eigenvalue weighted by atomic mass is 10.0. The summed E-state index contributed by atoms with van der Waals surface area (Å²) in [5.74, 6) is 1.85. The van der Waals surface area contributed by atoms with Gasteiger partial charge in [0.25, 0.3) is 0 Å². The molecule has 7 aromatic carbocycles. The van der Waals surface area contributed by atoms with Crippen LogP contribution in [-0.4, -0.2) is 28.5 Å². The Morgan fingerprint density at radius 3 is 1.49 bits per heavy atom. The van der Waals surface area contributed by atoms with Gasteiger partial charge in [0.05, 0.1) is 38.6 Å². The van der Waals surface area contributed by atoms with Gasteiger partial charge >= 0.3 is 0 Å². The van der Waals surface area contributed by atoms with Crippen LogP contribution < -0.4 is 0 Å². The highest BCUT2D eigenvalue weighted by atomic mass is 15.2. The molecule has 0 saturated carbocycles. The van der Waals surface area contributed by atoms with Crippen molar-refractivity contribution in [1.82, 2.24) is 28.5 Å². The third kappa shape index (κ3) is 4.59. The quantitative estimate of drug-likeness (QED) is 0.176. The molecule has 6 heteroatoms. The van der Waals surface area contributed by atoms with Crippen molar-refractivity contribution in [3.05, 3.63) is 194 Å². The van der Waals surface area contributed by atoms with E-state index in [1.54, 1.807) is 0 Å². The number of benzene rings is 7. The minimum atomic E-state index is 0.585. The fraction of sp³-hybridized carbons (Fsp3) is 0. The summed E-state index contributed by atoms with van der Waals surface area (Å²) < 4.78 is 7.12. The molecule has 6 heterocycles. The SMILES string of the molecule is c1ccc(-c2nc(-c3ccccc3)nc(-n3c4ccccc4c4c3c3c5ccccc5c5cc(-c6ccc7c8ccccc8n(-c8ccccc8)c7c6)cc4n53)n2)cc1. The summed E-state index contributed by atoms with van der Waals surface area (Å²) in [4.78, 5) is 15.6. The van der Waals surface area contributed by atoms with Gasteiger partial charge in [-0.05, 0) is 53.6 Å². The van der Waals surface area contributed by atoms with Crippen LogP contribution in [0.25, 0.3) is 116 Å². The highest BCUT2D eigenvalue weighted by Gasteiger charge is 2.27. The summed E-state index contributed by atoms with van der Waals surface area (Å²) >= 11 is 0. The van der Waals surface area contributed by atoms with Crippen LogP contribution in [0, 0.1) is 0 Å². The highest BCUT2D eigenvalue weighted by molar-refractivity contribution is 6.30. The Kier molecular flexibility index (Phi) is 6.63. The van der Waals surface area contributed by atoms with Gasteiger partial charge in [0.1, 0.15) is 0 Å². The van der Waals surface area contributed by atoms with Crippen molar-refractivity contribution >= 4 is 70.9 Å². The Hall–Kier alpha value is -8.09. The van der Waals surface area contributed by atoms with E-state index in [9.17, 15) is 0 Å². The smallest absolute Gasteiger partial charge is 0.238 e. The van der Waals surface area contributed by atoms with Gasteiger partial charge in [0.2, 0.25) is 5.95 Å². The summed E-state index contributed by atoms with van der Waals surface area (Å²) in [6, 6.07) is 68.9. The fourth-order valence-electron chi connectivity index (χ4n) is 9.49. The van der Waals surface area contributed by atoms with E-state index in [1.807, 2.05) is 36.4 Å². The lowest BCUT2D eigenvalue weighted by molar-refractivity contribution is 0.955. The molecule has 0 unspecified atom stereocenters. The summed E-state index contributed by atoms with van der Waals surface area (Å²) in [6.45, 7) is 0. The number of hydrogen-bond donors (Lipinski definition) is 0. The molecule has 0 radical (unpaired) electrons. The van der Waals surface area contributed by atoms with Gasteiger partial charge in [-0.15, -0.1) is 0 Å². The van der Waals surface area contributed by atoms with Crippen LogP contribution in [0.3, 0.4) is 0 Å². The normalized spacial score (nSPS) is 12.1. The van der Waals surface area contributed by atoms with Crippen molar-refractivity contribution in [2.45, 2.75) is 0 Å². The lowest BCUT2D eigenvalue weighted by Crippen LogP contribution is -2.06. The molecule has 0 aliphatic heterocycles. The van der Waals surface area contributed by atoms with Crippen LogP contribution >= 0.6 is 0 Å². The molecule has 6 nitrogen and oxygen atoms in total. The Bertz CT molecular complexity index is 3710. The molecule has 13 rings (SSSR count). The van der Waals surface area contributed by atoms with Gasteiger partial charge in [0.15, 0.2) is 11.6 Å². The summed E-state index contributed by atoms with van der Waals surface area (Å²) in [5, 5.41) is 7.21. The first-order valence-electron chi connectivity index (χ1n) is 20.0. The molecule has 274 valence electrons. The predicted molar refractivity (Wildman–Crippen MR) is 242 cm³/mol. The van der Waals surface area contributed by atoms with Gasteiger partial charge in [0, 0.05) is 49.1 Å². The first-order valence-corrected chi connectivity index (χ1v) is 20.0. The van der Waals surface area contributed by atoms with Crippen molar-refractivity contribution in [1.29, 1.82) is 0 Å². The van der Waals surface area contributed by atoms with Gasteiger partial charge < -0.3 is 8.97 Å². The van der Waals surface area contributed by atoms with Gasteiger partial charge in [-0.1, -0.05) is 152 Å². The number of pyridine rings is 1. The van der Waals surface area contributed by atoms with Gasteiger partial charge in [-0.3, -0.25) is 4.57 Å². The van der Waals surface area contributed by atoms with Crippen LogP contribution in [0.5, 0.6) is 0 Å². The maximum absolute atomic E-state index is 5.26. The molecular weight excluding hydrogens is 721 g/mol. The van der Waals surface area contributed by atoms with E-state index in [0.29, 0.717) is 17.6 Å². The molecule has 0 spiro atoms. The zero-order valence-corrected chi connectivity index (χ0v) is 31.7. The van der Waals surface area contributed by atoms with Crippen LogP contribution in [0.4, 0.5) is 0 Å². The molecule has 6 aromatic heterocycles. The molecule has 0 saturated heterocycles. The van der Waals surface area contributed by atoms with Gasteiger partial charge in [-0.2, -0.15) is 9.97 Å². The second-order valence-electron chi connectivity index (χ2n) is 15.3. The third-order valence-corrected chi connectivity index (χ3v) is 12.0. The van der Waals surface area contributed by atoms with E-state index >= 15 is 0 Å². The first kappa shape index (κ1) is 32.0. The van der Waals surface area contributed by atoms with Crippen molar-refractivity contribution in [2.75, 3.05) is 0 Å². The second kappa shape index (κ2) is 12.2. The number of nitrogens with zero attached hydrogens (tertiary/aromatic N) is 6. The summed E-state index contributed by atoms with van der Waals surface area (Å²) in [5.41, 5.74) is 13.3. The van der Waals surface area contributed by atoms with Crippen LogP contribution in [0.15, 0.2) is 194 Å². The standard InChI is InChI=1S/C53H32N6/c1-4-16-33(17-5-1)51-54-52(34-18-6-2-7-19-34)56-53(55-51)59-44-27-15-13-25-42(44)48-47-32-36(31-46-39-23-10-11-24-41(39)49(50(48)59)58(46)47)35-28-29-40-38-22-12-14-26-43(38)57(45(40)30-35)37-20-8-3-9-21-37/h1-32H. The van der Waals surface area contributed by atoms with Gasteiger partial charge in [-0.25, -0.2) is 4.98 Å². The number of fused-ring (bicyclic) bond motifs is 11. The van der Waals surface area contributed by atoms with E-state index in [2.05, 4.69) is 171 Å². The first-order chi connectivity index (χ1) is 29.3.